The van der Waals surface area contributed by atoms with Crippen LogP contribution in [0.25, 0.3) is 10.9 Å². The van der Waals surface area contributed by atoms with Gasteiger partial charge in [-0.2, -0.15) is 0 Å². The van der Waals surface area contributed by atoms with Gasteiger partial charge in [0.1, 0.15) is 5.75 Å². The number of aryl methyl sites for hydroxylation is 1. The van der Waals surface area contributed by atoms with Gasteiger partial charge in [0.2, 0.25) is 0 Å². The molecule has 1 aromatic heterocycles. The van der Waals surface area contributed by atoms with E-state index in [1.54, 1.807) is 7.11 Å². The molecular formula is C18H24N2O. The molecule has 2 unspecified atom stereocenters. The maximum atomic E-state index is 5.31. The Hall–Kier alpha value is -1.77. The van der Waals surface area contributed by atoms with Gasteiger partial charge in [-0.05, 0) is 43.9 Å². The van der Waals surface area contributed by atoms with Gasteiger partial charge in [0.25, 0.3) is 0 Å². The first kappa shape index (κ1) is 14.2. The summed E-state index contributed by atoms with van der Waals surface area (Å²) in [6.45, 7) is 4.41. The van der Waals surface area contributed by atoms with Gasteiger partial charge in [-0.3, -0.25) is 4.98 Å². The van der Waals surface area contributed by atoms with Crippen molar-refractivity contribution in [3.63, 3.8) is 0 Å². The van der Waals surface area contributed by atoms with E-state index in [-0.39, 0.29) is 0 Å². The molecule has 1 heterocycles. The Kier molecular flexibility index (Phi) is 4.00. The van der Waals surface area contributed by atoms with Gasteiger partial charge in [0, 0.05) is 28.9 Å². The van der Waals surface area contributed by atoms with Crippen LogP contribution in [0, 0.1) is 12.8 Å². The number of aromatic nitrogens is 1. The molecule has 1 aromatic carbocycles. The van der Waals surface area contributed by atoms with E-state index in [4.69, 9.17) is 4.74 Å². The lowest BCUT2D eigenvalue weighted by molar-refractivity contribution is 0.350. The SMILES string of the molecule is COc1ccc2c(NC3CCCCC3C)cc(C)nc2c1. The highest BCUT2D eigenvalue weighted by Crippen LogP contribution is 2.31. The first-order valence-corrected chi connectivity index (χ1v) is 7.89. The first-order chi connectivity index (χ1) is 10.2. The Balaban J connectivity index is 1.97. The van der Waals surface area contributed by atoms with Crippen LogP contribution < -0.4 is 10.1 Å². The summed E-state index contributed by atoms with van der Waals surface area (Å²) >= 11 is 0. The molecule has 1 saturated carbocycles. The summed E-state index contributed by atoms with van der Waals surface area (Å²) < 4.78 is 5.31. The van der Waals surface area contributed by atoms with Crippen LogP contribution in [-0.4, -0.2) is 18.1 Å². The van der Waals surface area contributed by atoms with Crippen molar-refractivity contribution in [3.05, 3.63) is 30.0 Å². The minimum absolute atomic E-state index is 0.575. The number of fused-ring (bicyclic) bond motifs is 1. The number of methoxy groups -OCH3 is 1. The maximum absolute atomic E-state index is 5.31. The standard InChI is InChI=1S/C18H24N2O/c1-12-6-4-5-7-16(12)20-17-10-13(2)19-18-11-14(21-3)8-9-15(17)18/h8-12,16H,4-7H2,1-3H3,(H,19,20). The molecule has 1 fully saturated rings. The van der Waals surface area contributed by atoms with Gasteiger partial charge >= 0.3 is 0 Å². The average Bonchev–Trinajstić information content (AvgIpc) is 2.48. The molecule has 2 atom stereocenters. The van der Waals surface area contributed by atoms with Crippen LogP contribution >= 0.6 is 0 Å². The van der Waals surface area contributed by atoms with Gasteiger partial charge < -0.3 is 10.1 Å². The number of anilines is 1. The topological polar surface area (TPSA) is 34.1 Å². The third-order valence-electron chi connectivity index (χ3n) is 4.60. The Morgan fingerprint density at radius 1 is 1.19 bits per heavy atom. The Morgan fingerprint density at radius 3 is 2.76 bits per heavy atom. The molecule has 112 valence electrons. The molecule has 0 saturated heterocycles. The number of nitrogens with zero attached hydrogens (tertiary/aromatic N) is 1. The minimum Gasteiger partial charge on any atom is -0.497 e. The van der Waals surface area contributed by atoms with E-state index in [9.17, 15) is 0 Å². The summed E-state index contributed by atoms with van der Waals surface area (Å²) in [5.41, 5.74) is 3.25. The fourth-order valence-corrected chi connectivity index (χ4v) is 3.32. The summed E-state index contributed by atoms with van der Waals surface area (Å²) in [7, 11) is 1.69. The quantitative estimate of drug-likeness (QED) is 0.898. The number of benzene rings is 1. The molecule has 0 amide bonds. The van der Waals surface area contributed by atoms with E-state index in [0.29, 0.717) is 6.04 Å². The molecule has 3 heteroatoms. The Labute approximate surface area is 126 Å². The van der Waals surface area contributed by atoms with Gasteiger partial charge in [0.05, 0.1) is 12.6 Å². The van der Waals surface area contributed by atoms with E-state index in [1.165, 1.54) is 36.8 Å². The maximum Gasteiger partial charge on any atom is 0.121 e. The second kappa shape index (κ2) is 5.92. The molecule has 3 rings (SSSR count). The van der Waals surface area contributed by atoms with Gasteiger partial charge in [-0.25, -0.2) is 0 Å². The number of hydrogen-bond acceptors (Lipinski definition) is 3. The van der Waals surface area contributed by atoms with Crippen LogP contribution in [0.4, 0.5) is 5.69 Å². The van der Waals surface area contributed by atoms with E-state index in [2.05, 4.69) is 29.4 Å². The van der Waals surface area contributed by atoms with Crippen molar-refractivity contribution in [2.45, 2.75) is 45.6 Å². The highest BCUT2D eigenvalue weighted by molar-refractivity contribution is 5.92. The second-order valence-electron chi connectivity index (χ2n) is 6.21. The van der Waals surface area contributed by atoms with Crippen molar-refractivity contribution in [1.29, 1.82) is 0 Å². The van der Waals surface area contributed by atoms with E-state index in [1.807, 2.05) is 19.1 Å². The lowest BCUT2D eigenvalue weighted by atomic mass is 9.85. The summed E-state index contributed by atoms with van der Waals surface area (Å²) in [5.74, 6) is 1.60. The van der Waals surface area contributed by atoms with Crippen molar-refractivity contribution in [3.8, 4) is 5.75 Å². The summed E-state index contributed by atoms with van der Waals surface area (Å²) in [5, 5.41) is 4.95. The van der Waals surface area contributed by atoms with Gasteiger partial charge in [-0.15, -0.1) is 0 Å². The molecule has 1 N–H and O–H groups in total. The number of hydrogen-bond donors (Lipinski definition) is 1. The van der Waals surface area contributed by atoms with Crippen LogP contribution in [0.1, 0.15) is 38.3 Å². The molecule has 0 bridgehead atoms. The van der Waals surface area contributed by atoms with E-state index in [0.717, 1.165) is 22.9 Å². The molecule has 2 aromatic rings. The van der Waals surface area contributed by atoms with E-state index < -0.39 is 0 Å². The number of pyridine rings is 1. The largest absolute Gasteiger partial charge is 0.497 e. The molecule has 1 aliphatic rings. The Bertz CT molecular complexity index is 638. The molecule has 0 aliphatic heterocycles. The van der Waals surface area contributed by atoms with Crippen molar-refractivity contribution in [2.24, 2.45) is 5.92 Å². The number of ether oxygens (including phenoxy) is 1. The second-order valence-corrected chi connectivity index (χ2v) is 6.21. The van der Waals surface area contributed by atoms with Crippen LogP contribution in [0.2, 0.25) is 0 Å². The first-order valence-electron chi connectivity index (χ1n) is 7.89. The van der Waals surface area contributed by atoms with E-state index >= 15 is 0 Å². The lowest BCUT2D eigenvalue weighted by Crippen LogP contribution is -2.30. The van der Waals surface area contributed by atoms with Crippen LogP contribution in [0.15, 0.2) is 24.3 Å². The van der Waals surface area contributed by atoms with Crippen LogP contribution in [-0.2, 0) is 0 Å². The highest BCUT2D eigenvalue weighted by atomic mass is 16.5. The zero-order valence-electron chi connectivity index (χ0n) is 13.1. The molecule has 1 aliphatic carbocycles. The smallest absolute Gasteiger partial charge is 0.121 e. The average molecular weight is 284 g/mol. The fraction of sp³-hybridized carbons (Fsp3) is 0.500. The van der Waals surface area contributed by atoms with Crippen molar-refractivity contribution < 1.29 is 4.74 Å². The summed E-state index contributed by atoms with van der Waals surface area (Å²) in [6, 6.07) is 8.87. The van der Waals surface area contributed by atoms with Crippen molar-refractivity contribution in [2.75, 3.05) is 12.4 Å². The van der Waals surface area contributed by atoms with Crippen molar-refractivity contribution in [1.82, 2.24) is 4.98 Å². The molecule has 0 spiro atoms. The Morgan fingerprint density at radius 2 is 2.00 bits per heavy atom. The third kappa shape index (κ3) is 2.97. The minimum atomic E-state index is 0.575. The highest BCUT2D eigenvalue weighted by Gasteiger charge is 2.21. The zero-order chi connectivity index (χ0) is 14.8. The van der Waals surface area contributed by atoms with Gasteiger partial charge in [-0.1, -0.05) is 19.8 Å². The molecule has 0 radical (unpaired) electrons. The molecule has 21 heavy (non-hydrogen) atoms. The van der Waals surface area contributed by atoms with Crippen molar-refractivity contribution >= 4 is 16.6 Å². The third-order valence-corrected chi connectivity index (χ3v) is 4.60. The van der Waals surface area contributed by atoms with Crippen LogP contribution in [0.5, 0.6) is 5.75 Å². The normalized spacial score (nSPS) is 22.2. The number of nitrogens with one attached hydrogen (secondary N) is 1. The van der Waals surface area contributed by atoms with Gasteiger partial charge in [0.15, 0.2) is 0 Å². The fourth-order valence-electron chi connectivity index (χ4n) is 3.32. The molecule has 3 nitrogen and oxygen atoms in total. The zero-order valence-corrected chi connectivity index (χ0v) is 13.1. The summed E-state index contributed by atoms with van der Waals surface area (Å²) in [6.07, 6.45) is 5.29. The molecular weight excluding hydrogens is 260 g/mol. The summed E-state index contributed by atoms with van der Waals surface area (Å²) in [4.78, 5) is 4.64. The van der Waals surface area contributed by atoms with Crippen LogP contribution in [0.3, 0.4) is 0 Å². The predicted octanol–water partition coefficient (Wildman–Crippen LogP) is 4.54. The predicted molar refractivity (Wildman–Crippen MR) is 88.1 cm³/mol. The monoisotopic (exact) mass is 284 g/mol. The number of rotatable bonds is 3. The lowest BCUT2D eigenvalue weighted by Gasteiger charge is -2.31.